The van der Waals surface area contributed by atoms with Crippen molar-refractivity contribution in [1.82, 2.24) is 0 Å². The number of anilines is 2. The molecule has 0 unspecified atom stereocenters. The van der Waals surface area contributed by atoms with E-state index < -0.39 is 11.7 Å². The molecule has 0 aliphatic carbocycles. The summed E-state index contributed by atoms with van der Waals surface area (Å²) in [6.45, 7) is 2.40. The molecular formula is C21H19FN2O3. The molecule has 2 heterocycles. The van der Waals surface area contributed by atoms with Crippen molar-refractivity contribution >= 4 is 34.2 Å². The van der Waals surface area contributed by atoms with Crippen LogP contribution in [0.25, 0.3) is 11.0 Å². The van der Waals surface area contributed by atoms with Gasteiger partial charge in [0.1, 0.15) is 0 Å². The third-order valence-electron chi connectivity index (χ3n) is 4.86. The number of rotatable bonds is 3. The first kappa shape index (κ1) is 17.3. The monoisotopic (exact) mass is 366 g/mol. The molecule has 1 aliphatic rings. The Kier molecular flexibility index (Phi) is 4.39. The molecule has 0 spiro atoms. The Bertz CT molecular complexity index is 1040. The fraction of sp³-hybridized carbons (Fsp3) is 0.238. The Balaban J connectivity index is 1.60. The van der Waals surface area contributed by atoms with Gasteiger partial charge in [0.2, 0.25) is 5.91 Å². The van der Waals surface area contributed by atoms with Gasteiger partial charge in [0, 0.05) is 35.3 Å². The van der Waals surface area contributed by atoms with Gasteiger partial charge in [-0.1, -0.05) is 18.2 Å². The zero-order chi connectivity index (χ0) is 19.0. The molecule has 1 N–H and O–H groups in total. The topological polar surface area (TPSA) is 62.6 Å². The number of hydrogen-bond acceptors (Lipinski definition) is 3. The van der Waals surface area contributed by atoms with Gasteiger partial charge in [0.05, 0.1) is 0 Å². The van der Waals surface area contributed by atoms with E-state index in [2.05, 4.69) is 5.32 Å². The third-order valence-corrected chi connectivity index (χ3v) is 4.86. The molecule has 1 fully saturated rings. The number of benzene rings is 2. The normalized spacial score (nSPS) is 14.6. The molecule has 5 nitrogen and oxygen atoms in total. The van der Waals surface area contributed by atoms with Crippen LogP contribution in [-0.2, 0) is 4.79 Å². The molecule has 2 amide bonds. The van der Waals surface area contributed by atoms with Gasteiger partial charge in [-0.3, -0.25) is 9.59 Å². The minimum atomic E-state index is -0.500. The van der Waals surface area contributed by atoms with Crippen LogP contribution in [0.1, 0.15) is 35.4 Å². The zero-order valence-electron chi connectivity index (χ0n) is 14.9. The summed E-state index contributed by atoms with van der Waals surface area (Å²) in [5.74, 6) is -0.784. The molecule has 27 heavy (non-hydrogen) atoms. The second-order valence-electron chi connectivity index (χ2n) is 6.68. The van der Waals surface area contributed by atoms with Crippen LogP contribution in [0.2, 0.25) is 0 Å². The lowest BCUT2D eigenvalue weighted by atomic mass is 10.1. The van der Waals surface area contributed by atoms with Gasteiger partial charge in [-0.25, -0.2) is 4.39 Å². The van der Waals surface area contributed by atoms with Crippen molar-refractivity contribution in [3.63, 3.8) is 0 Å². The van der Waals surface area contributed by atoms with E-state index in [9.17, 15) is 14.0 Å². The van der Waals surface area contributed by atoms with Gasteiger partial charge in [-0.15, -0.1) is 0 Å². The SMILES string of the molecule is Cc1c(C(=O)Nc2cccc(N3CCCCC3=O)c2)oc2c(F)cccc12. The van der Waals surface area contributed by atoms with E-state index >= 15 is 0 Å². The average Bonchev–Trinajstić information content (AvgIpc) is 3.01. The van der Waals surface area contributed by atoms with Crippen molar-refractivity contribution in [2.24, 2.45) is 0 Å². The largest absolute Gasteiger partial charge is 0.448 e. The van der Waals surface area contributed by atoms with Gasteiger partial charge in [-0.05, 0) is 44.0 Å². The molecule has 1 saturated heterocycles. The standard InChI is InChI=1S/C21H19FN2O3/c1-13-16-8-5-9-17(22)20(16)27-19(13)21(26)23-14-6-4-7-15(12-14)24-11-3-2-10-18(24)25/h4-9,12H,2-3,10-11H2,1H3,(H,23,26). The molecule has 0 atom stereocenters. The van der Waals surface area contributed by atoms with E-state index in [-0.39, 0.29) is 17.3 Å². The van der Waals surface area contributed by atoms with Gasteiger partial charge < -0.3 is 14.6 Å². The molecule has 138 valence electrons. The number of piperidine rings is 1. The summed E-state index contributed by atoms with van der Waals surface area (Å²) in [5, 5.41) is 3.36. The Hall–Kier alpha value is -3.15. The Labute approximate surface area is 155 Å². The average molecular weight is 366 g/mol. The summed E-state index contributed by atoms with van der Waals surface area (Å²) < 4.78 is 19.4. The molecule has 1 aliphatic heterocycles. The van der Waals surface area contributed by atoms with Gasteiger partial charge in [0.15, 0.2) is 17.2 Å². The van der Waals surface area contributed by atoms with Crippen molar-refractivity contribution < 1.29 is 18.4 Å². The molecule has 1 aromatic heterocycles. The molecule has 2 aromatic carbocycles. The summed E-state index contributed by atoms with van der Waals surface area (Å²) in [4.78, 5) is 26.5. The van der Waals surface area contributed by atoms with Crippen LogP contribution in [0.4, 0.5) is 15.8 Å². The van der Waals surface area contributed by atoms with Crippen molar-refractivity contribution in [1.29, 1.82) is 0 Å². The number of carbonyl (C=O) groups is 2. The maximum Gasteiger partial charge on any atom is 0.291 e. The predicted molar refractivity (Wildman–Crippen MR) is 102 cm³/mol. The summed E-state index contributed by atoms with van der Waals surface area (Å²) in [6, 6.07) is 11.7. The van der Waals surface area contributed by atoms with Crippen molar-refractivity contribution in [3.8, 4) is 0 Å². The van der Waals surface area contributed by atoms with Crippen LogP contribution in [0.15, 0.2) is 46.9 Å². The Morgan fingerprint density at radius 3 is 2.78 bits per heavy atom. The van der Waals surface area contributed by atoms with E-state index in [1.165, 1.54) is 6.07 Å². The maximum absolute atomic E-state index is 13.9. The number of fused-ring (bicyclic) bond motifs is 1. The minimum Gasteiger partial charge on any atom is -0.448 e. The number of nitrogens with zero attached hydrogens (tertiary/aromatic N) is 1. The van der Waals surface area contributed by atoms with Crippen LogP contribution in [0.5, 0.6) is 0 Å². The number of hydrogen-bond donors (Lipinski definition) is 1. The zero-order valence-corrected chi connectivity index (χ0v) is 14.9. The number of halogens is 1. The molecule has 3 aromatic rings. The van der Waals surface area contributed by atoms with E-state index in [1.54, 1.807) is 42.2 Å². The Morgan fingerprint density at radius 2 is 2.00 bits per heavy atom. The summed E-state index contributed by atoms with van der Waals surface area (Å²) in [7, 11) is 0. The highest BCUT2D eigenvalue weighted by Crippen LogP contribution is 2.29. The Morgan fingerprint density at radius 1 is 1.19 bits per heavy atom. The lowest BCUT2D eigenvalue weighted by Crippen LogP contribution is -2.35. The quantitative estimate of drug-likeness (QED) is 0.734. The summed E-state index contributed by atoms with van der Waals surface area (Å²) in [5.41, 5.74) is 1.97. The van der Waals surface area contributed by atoms with E-state index in [4.69, 9.17) is 4.42 Å². The first-order valence-electron chi connectivity index (χ1n) is 8.94. The van der Waals surface area contributed by atoms with Crippen LogP contribution in [-0.4, -0.2) is 18.4 Å². The van der Waals surface area contributed by atoms with Crippen molar-refractivity contribution in [3.05, 3.63) is 59.6 Å². The maximum atomic E-state index is 13.9. The minimum absolute atomic E-state index is 0.0767. The molecule has 4 rings (SSSR count). The first-order valence-corrected chi connectivity index (χ1v) is 8.94. The van der Waals surface area contributed by atoms with Crippen molar-refractivity contribution in [2.75, 3.05) is 16.8 Å². The molecule has 6 heteroatoms. The number of amides is 2. The smallest absolute Gasteiger partial charge is 0.291 e. The fourth-order valence-corrected chi connectivity index (χ4v) is 3.44. The molecule has 0 saturated carbocycles. The van der Waals surface area contributed by atoms with Gasteiger partial charge in [-0.2, -0.15) is 0 Å². The fourth-order valence-electron chi connectivity index (χ4n) is 3.44. The highest BCUT2D eigenvalue weighted by atomic mass is 19.1. The summed E-state index contributed by atoms with van der Waals surface area (Å²) in [6.07, 6.45) is 2.42. The van der Waals surface area contributed by atoms with Crippen LogP contribution in [0.3, 0.4) is 0 Å². The number of carbonyl (C=O) groups excluding carboxylic acids is 2. The van der Waals surface area contributed by atoms with Crippen LogP contribution in [0, 0.1) is 12.7 Å². The van der Waals surface area contributed by atoms with Crippen LogP contribution < -0.4 is 10.2 Å². The second-order valence-corrected chi connectivity index (χ2v) is 6.68. The highest BCUT2D eigenvalue weighted by Gasteiger charge is 2.22. The van der Waals surface area contributed by atoms with Gasteiger partial charge in [0.25, 0.3) is 5.91 Å². The van der Waals surface area contributed by atoms with Gasteiger partial charge >= 0.3 is 0 Å². The first-order chi connectivity index (χ1) is 13.0. The number of nitrogens with one attached hydrogen (secondary N) is 1. The lowest BCUT2D eigenvalue weighted by molar-refractivity contribution is -0.119. The second kappa shape index (κ2) is 6.87. The number of furan rings is 1. The van der Waals surface area contributed by atoms with Crippen molar-refractivity contribution in [2.45, 2.75) is 26.2 Å². The van der Waals surface area contributed by atoms with E-state index in [0.29, 0.717) is 29.6 Å². The van der Waals surface area contributed by atoms with Crippen LogP contribution >= 0.6 is 0 Å². The van der Waals surface area contributed by atoms with E-state index in [0.717, 1.165) is 18.5 Å². The molecule has 0 radical (unpaired) electrons. The molecular weight excluding hydrogens is 347 g/mol. The van der Waals surface area contributed by atoms with E-state index in [1.807, 2.05) is 6.07 Å². The lowest BCUT2D eigenvalue weighted by Gasteiger charge is -2.27. The number of para-hydroxylation sites is 1. The third kappa shape index (κ3) is 3.18. The molecule has 0 bridgehead atoms. The summed E-state index contributed by atoms with van der Waals surface area (Å²) >= 11 is 0. The predicted octanol–water partition coefficient (Wildman–Crippen LogP) is 4.65. The number of aryl methyl sites for hydroxylation is 1. The highest BCUT2D eigenvalue weighted by molar-refractivity contribution is 6.07.